The van der Waals surface area contributed by atoms with Crippen LogP contribution in [0.25, 0.3) is 0 Å². The van der Waals surface area contributed by atoms with Crippen molar-refractivity contribution in [2.24, 2.45) is 5.73 Å². The molecule has 0 saturated carbocycles. The Morgan fingerprint density at radius 3 is 2.21 bits per heavy atom. The average Bonchev–Trinajstić information content (AvgIpc) is 2.02. The molecule has 0 radical (unpaired) electrons. The normalized spacial score (nSPS) is 14.6. The van der Waals surface area contributed by atoms with Crippen molar-refractivity contribution in [2.75, 3.05) is 17.3 Å². The van der Waals surface area contributed by atoms with E-state index in [1.807, 2.05) is 6.92 Å². The van der Waals surface area contributed by atoms with Gasteiger partial charge in [-0.25, -0.2) is 8.42 Å². The summed E-state index contributed by atoms with van der Waals surface area (Å²) in [4.78, 5) is 0. The molecular formula is C9H21NO2S2. The van der Waals surface area contributed by atoms with Crippen LogP contribution in [0.4, 0.5) is 0 Å². The molecule has 86 valence electrons. The standard InChI is InChI=1S/C9H21NO2S2/c1-8(2)14(11,12)7-6-13-5-4-9(3)10/h8-9H,4-7,10H2,1-3H3. The maximum Gasteiger partial charge on any atom is 0.153 e. The minimum Gasteiger partial charge on any atom is -0.328 e. The third kappa shape index (κ3) is 6.68. The van der Waals surface area contributed by atoms with E-state index in [2.05, 4.69) is 0 Å². The highest BCUT2D eigenvalue weighted by Gasteiger charge is 2.14. The van der Waals surface area contributed by atoms with Crippen molar-refractivity contribution in [1.82, 2.24) is 0 Å². The maximum absolute atomic E-state index is 11.4. The summed E-state index contributed by atoms with van der Waals surface area (Å²) in [7, 11) is -2.85. The van der Waals surface area contributed by atoms with Crippen LogP contribution in [0.15, 0.2) is 0 Å². The summed E-state index contributed by atoms with van der Waals surface area (Å²) in [6.45, 7) is 5.41. The fraction of sp³-hybridized carbons (Fsp3) is 1.00. The molecule has 0 aromatic carbocycles. The monoisotopic (exact) mass is 239 g/mol. The van der Waals surface area contributed by atoms with Crippen LogP contribution < -0.4 is 5.73 Å². The van der Waals surface area contributed by atoms with E-state index in [4.69, 9.17) is 5.73 Å². The zero-order valence-corrected chi connectivity index (χ0v) is 10.8. The fourth-order valence-corrected chi connectivity index (χ4v) is 3.40. The molecule has 0 aliphatic heterocycles. The van der Waals surface area contributed by atoms with Gasteiger partial charge in [-0.15, -0.1) is 0 Å². The van der Waals surface area contributed by atoms with Crippen molar-refractivity contribution in [1.29, 1.82) is 0 Å². The lowest BCUT2D eigenvalue weighted by Gasteiger charge is -2.07. The van der Waals surface area contributed by atoms with Crippen LogP contribution >= 0.6 is 11.8 Å². The number of nitrogens with two attached hydrogens (primary N) is 1. The first-order chi connectivity index (χ1) is 6.36. The van der Waals surface area contributed by atoms with E-state index in [1.54, 1.807) is 25.6 Å². The first-order valence-corrected chi connectivity index (χ1v) is 7.78. The summed E-state index contributed by atoms with van der Waals surface area (Å²) in [6.07, 6.45) is 0.951. The second-order valence-corrected chi connectivity index (χ2v) is 7.70. The average molecular weight is 239 g/mol. The lowest BCUT2D eigenvalue weighted by Crippen LogP contribution is -2.19. The molecule has 0 fully saturated rings. The number of thioether (sulfide) groups is 1. The summed E-state index contributed by atoms with van der Waals surface area (Å²) in [5.74, 6) is 1.92. The summed E-state index contributed by atoms with van der Waals surface area (Å²) >= 11 is 1.67. The van der Waals surface area contributed by atoms with Gasteiger partial charge in [-0.1, -0.05) is 0 Å². The molecule has 0 aliphatic carbocycles. The number of sulfone groups is 1. The van der Waals surface area contributed by atoms with E-state index in [1.165, 1.54) is 0 Å². The van der Waals surface area contributed by atoms with Crippen molar-refractivity contribution in [3.8, 4) is 0 Å². The predicted octanol–water partition coefficient (Wildman–Crippen LogP) is 1.28. The van der Waals surface area contributed by atoms with Gasteiger partial charge in [0.05, 0.1) is 11.0 Å². The van der Waals surface area contributed by atoms with Gasteiger partial charge in [0.2, 0.25) is 0 Å². The zero-order chi connectivity index (χ0) is 11.2. The van der Waals surface area contributed by atoms with Gasteiger partial charge in [0, 0.05) is 11.8 Å². The molecule has 0 amide bonds. The van der Waals surface area contributed by atoms with Gasteiger partial charge in [-0.2, -0.15) is 11.8 Å². The highest BCUT2D eigenvalue weighted by atomic mass is 32.2. The first kappa shape index (κ1) is 14.3. The molecule has 0 bridgehead atoms. The molecule has 0 aromatic rings. The van der Waals surface area contributed by atoms with Gasteiger partial charge in [-0.3, -0.25) is 0 Å². The quantitative estimate of drug-likeness (QED) is 0.680. The van der Waals surface area contributed by atoms with Crippen LogP contribution in [0, 0.1) is 0 Å². The van der Waals surface area contributed by atoms with Crippen molar-refractivity contribution in [2.45, 2.75) is 38.5 Å². The summed E-state index contributed by atoms with van der Waals surface area (Å²) < 4.78 is 22.8. The Morgan fingerprint density at radius 2 is 1.79 bits per heavy atom. The topological polar surface area (TPSA) is 60.2 Å². The van der Waals surface area contributed by atoms with Crippen LogP contribution in [0.1, 0.15) is 27.2 Å². The molecule has 0 heterocycles. The number of hydrogen-bond acceptors (Lipinski definition) is 4. The third-order valence-corrected chi connectivity index (χ3v) is 5.43. The Morgan fingerprint density at radius 1 is 1.21 bits per heavy atom. The molecule has 2 N–H and O–H groups in total. The molecule has 0 aliphatic rings. The maximum atomic E-state index is 11.4. The molecule has 14 heavy (non-hydrogen) atoms. The molecule has 0 spiro atoms. The molecule has 1 atom stereocenters. The highest BCUT2D eigenvalue weighted by molar-refractivity contribution is 8.00. The summed E-state index contributed by atoms with van der Waals surface area (Å²) in [6, 6.07) is 0.212. The minimum atomic E-state index is -2.85. The largest absolute Gasteiger partial charge is 0.328 e. The number of hydrogen-bond donors (Lipinski definition) is 1. The molecule has 0 rings (SSSR count). The van der Waals surface area contributed by atoms with Gasteiger partial charge < -0.3 is 5.73 Å². The Kier molecular flexibility index (Phi) is 6.81. The van der Waals surface area contributed by atoms with Gasteiger partial charge >= 0.3 is 0 Å². The lowest BCUT2D eigenvalue weighted by atomic mass is 10.3. The van der Waals surface area contributed by atoms with E-state index in [-0.39, 0.29) is 17.0 Å². The Bertz CT molecular complexity index is 235. The van der Waals surface area contributed by atoms with Gasteiger partial charge in [0.1, 0.15) is 0 Å². The minimum absolute atomic E-state index is 0.212. The second kappa shape index (κ2) is 6.69. The summed E-state index contributed by atoms with van der Waals surface area (Å²) in [5.41, 5.74) is 5.58. The Labute approximate surface area is 91.7 Å². The molecule has 0 saturated heterocycles. The van der Waals surface area contributed by atoms with Crippen LogP contribution in [-0.2, 0) is 9.84 Å². The van der Waals surface area contributed by atoms with E-state index in [0.29, 0.717) is 5.75 Å². The van der Waals surface area contributed by atoms with Crippen molar-refractivity contribution in [3.05, 3.63) is 0 Å². The van der Waals surface area contributed by atoms with Crippen molar-refractivity contribution >= 4 is 21.6 Å². The van der Waals surface area contributed by atoms with Gasteiger partial charge in [0.25, 0.3) is 0 Å². The van der Waals surface area contributed by atoms with E-state index in [9.17, 15) is 8.42 Å². The van der Waals surface area contributed by atoms with E-state index < -0.39 is 9.84 Å². The zero-order valence-electron chi connectivity index (χ0n) is 9.19. The molecule has 0 aromatic heterocycles. The Hall–Kier alpha value is 0.260. The fourth-order valence-electron chi connectivity index (χ4n) is 0.782. The third-order valence-electron chi connectivity index (χ3n) is 1.95. The van der Waals surface area contributed by atoms with Crippen LogP contribution in [0.2, 0.25) is 0 Å². The molecule has 1 unspecified atom stereocenters. The van der Waals surface area contributed by atoms with Gasteiger partial charge in [-0.05, 0) is 32.9 Å². The predicted molar refractivity (Wildman–Crippen MR) is 64.5 cm³/mol. The van der Waals surface area contributed by atoms with E-state index >= 15 is 0 Å². The summed E-state index contributed by atoms with van der Waals surface area (Å²) in [5, 5.41) is -0.253. The van der Waals surface area contributed by atoms with Crippen molar-refractivity contribution in [3.63, 3.8) is 0 Å². The van der Waals surface area contributed by atoms with E-state index in [0.717, 1.165) is 12.2 Å². The molecule has 3 nitrogen and oxygen atoms in total. The highest BCUT2D eigenvalue weighted by Crippen LogP contribution is 2.08. The van der Waals surface area contributed by atoms with Crippen LogP contribution in [-0.4, -0.2) is 37.0 Å². The van der Waals surface area contributed by atoms with Gasteiger partial charge in [0.15, 0.2) is 9.84 Å². The lowest BCUT2D eigenvalue weighted by molar-refractivity contribution is 0.589. The Balaban J connectivity index is 3.55. The smallest absolute Gasteiger partial charge is 0.153 e. The number of rotatable bonds is 7. The van der Waals surface area contributed by atoms with Crippen LogP contribution in [0.5, 0.6) is 0 Å². The molecule has 5 heteroatoms. The first-order valence-electron chi connectivity index (χ1n) is 4.91. The van der Waals surface area contributed by atoms with Crippen molar-refractivity contribution < 1.29 is 8.42 Å². The SMILES string of the molecule is CC(N)CCSCCS(=O)(=O)C(C)C. The molecular weight excluding hydrogens is 218 g/mol. The second-order valence-electron chi connectivity index (χ2n) is 3.79. The van der Waals surface area contributed by atoms with Crippen LogP contribution in [0.3, 0.4) is 0 Å².